The standard InChI is InChI=1S/C16H26ClN3S/c1-3-18-16(19-10-4-5-12-21-2)20-11-9-14-7-6-8-15(17)13-14/h6-8,13H,3-5,9-12H2,1-2H3,(H2,18,19,20). The average Bonchev–Trinajstić information content (AvgIpc) is 2.47. The van der Waals surface area contributed by atoms with E-state index in [-0.39, 0.29) is 0 Å². The van der Waals surface area contributed by atoms with Crippen molar-refractivity contribution in [2.24, 2.45) is 4.99 Å². The molecule has 0 bridgehead atoms. The number of unbranched alkanes of at least 4 members (excludes halogenated alkanes) is 1. The molecule has 0 heterocycles. The Morgan fingerprint density at radius 1 is 1.29 bits per heavy atom. The van der Waals surface area contributed by atoms with Gasteiger partial charge in [-0.05, 0) is 55.9 Å². The van der Waals surface area contributed by atoms with Crippen LogP contribution in [0.3, 0.4) is 0 Å². The molecule has 0 aliphatic carbocycles. The second kappa shape index (κ2) is 11.8. The van der Waals surface area contributed by atoms with Gasteiger partial charge in [0.05, 0.1) is 0 Å². The van der Waals surface area contributed by atoms with Crippen molar-refractivity contribution in [1.29, 1.82) is 0 Å². The van der Waals surface area contributed by atoms with E-state index in [0.29, 0.717) is 0 Å². The Balaban J connectivity index is 2.31. The molecule has 1 aromatic carbocycles. The molecule has 0 saturated heterocycles. The Morgan fingerprint density at radius 2 is 2.14 bits per heavy atom. The minimum Gasteiger partial charge on any atom is -0.357 e. The van der Waals surface area contributed by atoms with Gasteiger partial charge in [-0.1, -0.05) is 23.7 Å². The lowest BCUT2D eigenvalue weighted by molar-refractivity contribution is 0.771. The van der Waals surface area contributed by atoms with Gasteiger partial charge in [0.2, 0.25) is 0 Å². The SMILES string of the molecule is CCNC(=NCCCCSC)NCCc1cccc(Cl)c1. The van der Waals surface area contributed by atoms with Crippen molar-refractivity contribution in [3.63, 3.8) is 0 Å². The van der Waals surface area contributed by atoms with Crippen molar-refractivity contribution in [2.45, 2.75) is 26.2 Å². The fourth-order valence-corrected chi connectivity index (χ4v) is 2.61. The number of hydrogen-bond donors (Lipinski definition) is 2. The zero-order valence-corrected chi connectivity index (χ0v) is 14.6. The first kappa shape index (κ1) is 18.2. The van der Waals surface area contributed by atoms with Crippen LogP contribution in [0.2, 0.25) is 5.02 Å². The summed E-state index contributed by atoms with van der Waals surface area (Å²) in [5, 5.41) is 7.44. The van der Waals surface area contributed by atoms with Crippen LogP contribution in [0.25, 0.3) is 0 Å². The van der Waals surface area contributed by atoms with Crippen LogP contribution in [0.1, 0.15) is 25.3 Å². The van der Waals surface area contributed by atoms with E-state index in [0.717, 1.165) is 43.5 Å². The molecule has 2 N–H and O–H groups in total. The molecule has 1 aromatic rings. The summed E-state index contributed by atoms with van der Waals surface area (Å²) in [6.07, 6.45) is 5.46. The lowest BCUT2D eigenvalue weighted by Crippen LogP contribution is -2.38. The van der Waals surface area contributed by atoms with Crippen molar-refractivity contribution in [2.75, 3.05) is 31.6 Å². The minimum atomic E-state index is 0.793. The van der Waals surface area contributed by atoms with Gasteiger partial charge in [0.1, 0.15) is 0 Å². The normalized spacial score (nSPS) is 11.5. The van der Waals surface area contributed by atoms with Crippen molar-refractivity contribution < 1.29 is 0 Å². The van der Waals surface area contributed by atoms with Gasteiger partial charge in [0.15, 0.2) is 5.96 Å². The molecule has 0 atom stereocenters. The monoisotopic (exact) mass is 327 g/mol. The summed E-state index contributed by atoms with van der Waals surface area (Å²) in [4.78, 5) is 4.59. The Kier molecular flexibility index (Phi) is 10.2. The number of benzene rings is 1. The molecule has 0 fully saturated rings. The fourth-order valence-electron chi connectivity index (χ4n) is 1.91. The van der Waals surface area contributed by atoms with Gasteiger partial charge in [-0.15, -0.1) is 0 Å². The van der Waals surface area contributed by atoms with Gasteiger partial charge < -0.3 is 10.6 Å². The number of thioether (sulfide) groups is 1. The smallest absolute Gasteiger partial charge is 0.191 e. The number of hydrogen-bond acceptors (Lipinski definition) is 2. The molecule has 3 nitrogen and oxygen atoms in total. The maximum absolute atomic E-state index is 5.99. The van der Waals surface area contributed by atoms with Crippen LogP contribution in [0.15, 0.2) is 29.3 Å². The molecule has 21 heavy (non-hydrogen) atoms. The Morgan fingerprint density at radius 3 is 2.86 bits per heavy atom. The number of nitrogens with zero attached hydrogens (tertiary/aromatic N) is 1. The molecular formula is C16H26ClN3S. The number of nitrogens with one attached hydrogen (secondary N) is 2. The van der Waals surface area contributed by atoms with E-state index in [2.05, 4.69) is 34.9 Å². The number of rotatable bonds is 9. The highest BCUT2D eigenvalue weighted by Crippen LogP contribution is 2.10. The third-order valence-electron chi connectivity index (χ3n) is 2.97. The van der Waals surface area contributed by atoms with E-state index in [9.17, 15) is 0 Å². The number of guanidine groups is 1. The number of aliphatic imine (C=N–C) groups is 1. The zero-order valence-electron chi connectivity index (χ0n) is 13.0. The molecule has 0 aliphatic heterocycles. The molecule has 1 rings (SSSR count). The summed E-state index contributed by atoms with van der Waals surface area (Å²) in [6, 6.07) is 8.00. The summed E-state index contributed by atoms with van der Waals surface area (Å²) in [5.41, 5.74) is 1.24. The molecule has 118 valence electrons. The van der Waals surface area contributed by atoms with E-state index >= 15 is 0 Å². The van der Waals surface area contributed by atoms with Crippen LogP contribution in [0.4, 0.5) is 0 Å². The predicted molar refractivity (Wildman–Crippen MR) is 96.8 cm³/mol. The fraction of sp³-hybridized carbons (Fsp3) is 0.562. The molecule has 0 radical (unpaired) electrons. The molecule has 0 aromatic heterocycles. The van der Waals surface area contributed by atoms with Crippen LogP contribution in [-0.2, 0) is 6.42 Å². The first-order valence-electron chi connectivity index (χ1n) is 7.51. The van der Waals surface area contributed by atoms with Gasteiger partial charge in [-0.3, -0.25) is 4.99 Å². The lowest BCUT2D eigenvalue weighted by atomic mass is 10.1. The average molecular weight is 328 g/mol. The summed E-state index contributed by atoms with van der Waals surface area (Å²) in [5.74, 6) is 2.12. The van der Waals surface area contributed by atoms with Crippen molar-refractivity contribution in [3.05, 3.63) is 34.9 Å². The second-order valence-electron chi connectivity index (χ2n) is 4.77. The van der Waals surface area contributed by atoms with Crippen LogP contribution < -0.4 is 10.6 Å². The summed E-state index contributed by atoms with van der Waals surface area (Å²) < 4.78 is 0. The van der Waals surface area contributed by atoms with Crippen LogP contribution in [0, 0.1) is 0 Å². The summed E-state index contributed by atoms with van der Waals surface area (Å²) >= 11 is 7.88. The molecule has 0 unspecified atom stereocenters. The van der Waals surface area contributed by atoms with Crippen molar-refractivity contribution in [3.8, 4) is 0 Å². The maximum Gasteiger partial charge on any atom is 0.191 e. The lowest BCUT2D eigenvalue weighted by Gasteiger charge is -2.11. The maximum atomic E-state index is 5.99. The minimum absolute atomic E-state index is 0.793. The van der Waals surface area contributed by atoms with Crippen molar-refractivity contribution in [1.82, 2.24) is 10.6 Å². The predicted octanol–water partition coefficient (Wildman–Crippen LogP) is 3.58. The van der Waals surface area contributed by atoms with E-state index in [1.165, 1.54) is 17.7 Å². The molecule has 0 saturated carbocycles. The van der Waals surface area contributed by atoms with Crippen LogP contribution in [0.5, 0.6) is 0 Å². The van der Waals surface area contributed by atoms with E-state index in [1.807, 2.05) is 30.0 Å². The van der Waals surface area contributed by atoms with E-state index in [1.54, 1.807) is 0 Å². The Hall–Kier alpha value is -0.870. The molecule has 0 aliphatic rings. The first-order chi connectivity index (χ1) is 10.3. The van der Waals surface area contributed by atoms with Gasteiger partial charge in [-0.25, -0.2) is 0 Å². The second-order valence-corrected chi connectivity index (χ2v) is 6.19. The Labute approximate surface area is 138 Å². The highest BCUT2D eigenvalue weighted by Gasteiger charge is 1.98. The molecular weight excluding hydrogens is 302 g/mol. The van der Waals surface area contributed by atoms with Crippen molar-refractivity contribution >= 4 is 29.3 Å². The largest absolute Gasteiger partial charge is 0.357 e. The third kappa shape index (κ3) is 8.89. The van der Waals surface area contributed by atoms with Gasteiger partial charge in [0, 0.05) is 24.7 Å². The molecule has 5 heteroatoms. The topological polar surface area (TPSA) is 36.4 Å². The van der Waals surface area contributed by atoms with Gasteiger partial charge >= 0.3 is 0 Å². The quantitative estimate of drug-likeness (QED) is 0.413. The Bertz CT molecular complexity index is 424. The summed E-state index contributed by atoms with van der Waals surface area (Å²) in [6.45, 7) is 4.71. The zero-order chi connectivity index (χ0) is 15.3. The van der Waals surface area contributed by atoms with Crippen LogP contribution in [-0.4, -0.2) is 37.6 Å². The third-order valence-corrected chi connectivity index (χ3v) is 3.90. The number of halogens is 1. The van der Waals surface area contributed by atoms with Crippen LogP contribution >= 0.6 is 23.4 Å². The van der Waals surface area contributed by atoms with Gasteiger partial charge in [-0.2, -0.15) is 11.8 Å². The first-order valence-corrected chi connectivity index (χ1v) is 9.29. The van der Waals surface area contributed by atoms with E-state index < -0.39 is 0 Å². The van der Waals surface area contributed by atoms with E-state index in [4.69, 9.17) is 11.6 Å². The molecule has 0 amide bonds. The summed E-state index contributed by atoms with van der Waals surface area (Å²) in [7, 11) is 0. The molecule has 0 spiro atoms. The highest BCUT2D eigenvalue weighted by molar-refractivity contribution is 7.98. The highest BCUT2D eigenvalue weighted by atomic mass is 35.5. The van der Waals surface area contributed by atoms with Gasteiger partial charge in [0.25, 0.3) is 0 Å².